The van der Waals surface area contributed by atoms with Crippen LogP contribution in [0.3, 0.4) is 0 Å². The number of nitrogens with zero attached hydrogens (tertiary/aromatic N) is 1. The third-order valence-electron chi connectivity index (χ3n) is 1.86. The van der Waals surface area contributed by atoms with Crippen LogP contribution in [-0.2, 0) is 0 Å². The summed E-state index contributed by atoms with van der Waals surface area (Å²) in [4.78, 5) is 3.66. The summed E-state index contributed by atoms with van der Waals surface area (Å²) < 4.78 is 0. The Bertz CT molecular complexity index is 129. The average Bonchev–Trinajstić information content (AvgIpc) is 2.00. The number of hydrogen-bond acceptors (Lipinski definition) is 2. The molecule has 0 atom stereocenters. The molecule has 0 aliphatic rings. The van der Waals surface area contributed by atoms with Crippen molar-refractivity contribution in [3.8, 4) is 0 Å². The van der Waals surface area contributed by atoms with Crippen LogP contribution >= 0.6 is 11.8 Å². The molecule has 1 nitrogen and oxygen atoms in total. The van der Waals surface area contributed by atoms with Gasteiger partial charge in [0.05, 0.1) is 0 Å². The maximum Gasteiger partial charge on any atom is 0.0192 e. The van der Waals surface area contributed by atoms with Crippen molar-refractivity contribution >= 4 is 11.8 Å². The summed E-state index contributed by atoms with van der Waals surface area (Å²) in [7, 11) is 2.12. The minimum atomic E-state index is 1.09. The molecule has 0 rings (SSSR count). The molecule has 0 saturated carbocycles. The van der Waals surface area contributed by atoms with E-state index in [0.29, 0.717) is 0 Å². The first-order chi connectivity index (χ1) is 4.63. The highest BCUT2D eigenvalue weighted by Crippen LogP contribution is 2.16. The molecule has 0 aromatic carbocycles. The van der Waals surface area contributed by atoms with Crippen LogP contribution in [0.5, 0.6) is 0 Å². The summed E-state index contributed by atoms with van der Waals surface area (Å²) in [6.45, 7) is 7.57. The van der Waals surface area contributed by atoms with Crippen molar-refractivity contribution in [2.24, 2.45) is 0 Å². The Morgan fingerprint density at radius 1 is 1.40 bits per heavy atom. The molecule has 0 bridgehead atoms. The molecule has 0 spiro atoms. The van der Waals surface area contributed by atoms with Crippen LogP contribution in [0, 0.1) is 0 Å². The monoisotopic (exact) mass is 159 g/mol. The van der Waals surface area contributed by atoms with Gasteiger partial charge in [-0.1, -0.05) is 0 Å². The van der Waals surface area contributed by atoms with Crippen LogP contribution in [0.1, 0.15) is 20.8 Å². The van der Waals surface area contributed by atoms with E-state index in [2.05, 4.69) is 39.0 Å². The van der Waals surface area contributed by atoms with Gasteiger partial charge < -0.3 is 4.90 Å². The van der Waals surface area contributed by atoms with Crippen molar-refractivity contribution in [2.75, 3.05) is 19.8 Å². The summed E-state index contributed by atoms with van der Waals surface area (Å²) in [6, 6.07) is 0. The van der Waals surface area contributed by atoms with Gasteiger partial charge in [-0.3, -0.25) is 0 Å². The molecule has 10 heavy (non-hydrogen) atoms. The van der Waals surface area contributed by atoms with Gasteiger partial charge in [-0.2, -0.15) is 0 Å². The summed E-state index contributed by atoms with van der Waals surface area (Å²) in [6.07, 6.45) is 2.11. The highest BCUT2D eigenvalue weighted by Gasteiger charge is 1.98. The molecule has 0 amide bonds. The highest BCUT2D eigenvalue weighted by atomic mass is 32.2. The van der Waals surface area contributed by atoms with Gasteiger partial charge in [0.25, 0.3) is 0 Å². The van der Waals surface area contributed by atoms with Crippen molar-refractivity contribution in [2.45, 2.75) is 20.8 Å². The van der Waals surface area contributed by atoms with Gasteiger partial charge >= 0.3 is 0 Å². The predicted molar refractivity (Wildman–Crippen MR) is 50.2 cm³/mol. The van der Waals surface area contributed by atoms with Gasteiger partial charge in [-0.25, -0.2) is 0 Å². The topological polar surface area (TPSA) is 3.24 Å². The summed E-state index contributed by atoms with van der Waals surface area (Å²) >= 11 is 1.81. The van der Waals surface area contributed by atoms with Crippen molar-refractivity contribution < 1.29 is 0 Å². The lowest BCUT2D eigenvalue weighted by atomic mass is 10.4. The molecule has 0 aliphatic carbocycles. The lowest BCUT2D eigenvalue weighted by molar-refractivity contribution is 0.441. The van der Waals surface area contributed by atoms with Gasteiger partial charge in [0.2, 0.25) is 0 Å². The van der Waals surface area contributed by atoms with Gasteiger partial charge in [-0.15, -0.1) is 11.8 Å². The number of rotatable bonds is 3. The standard InChI is InChI=1S/C8H17NS/c1-6-9(4)7(2)8(3)10-5/h6H2,1-5H3/b8-7-. The molecular formula is C8H17NS. The smallest absolute Gasteiger partial charge is 0.0192 e. The van der Waals surface area contributed by atoms with Crippen LogP contribution < -0.4 is 0 Å². The third kappa shape index (κ3) is 2.65. The summed E-state index contributed by atoms with van der Waals surface area (Å²) in [5.74, 6) is 0. The third-order valence-corrected chi connectivity index (χ3v) is 2.77. The molecule has 0 aromatic rings. The fourth-order valence-electron chi connectivity index (χ4n) is 0.654. The van der Waals surface area contributed by atoms with Crippen molar-refractivity contribution in [3.05, 3.63) is 10.6 Å². The van der Waals surface area contributed by atoms with Crippen LogP contribution in [-0.4, -0.2) is 24.7 Å². The van der Waals surface area contributed by atoms with Gasteiger partial charge in [-0.05, 0) is 27.0 Å². The Balaban J connectivity index is 4.15. The fraction of sp³-hybridized carbons (Fsp3) is 0.750. The molecule has 0 heterocycles. The minimum absolute atomic E-state index is 1.09. The van der Waals surface area contributed by atoms with Crippen LogP contribution in [0.4, 0.5) is 0 Å². The van der Waals surface area contributed by atoms with Gasteiger partial charge in [0.1, 0.15) is 0 Å². The lowest BCUT2D eigenvalue weighted by Crippen LogP contribution is -2.15. The Hall–Kier alpha value is -0.110. The zero-order chi connectivity index (χ0) is 8.15. The first kappa shape index (κ1) is 9.89. The van der Waals surface area contributed by atoms with E-state index >= 15 is 0 Å². The molecule has 2 heteroatoms. The Morgan fingerprint density at radius 2 is 1.90 bits per heavy atom. The predicted octanol–water partition coefficient (Wildman–Crippen LogP) is 2.55. The second-order valence-electron chi connectivity index (χ2n) is 2.36. The molecule has 0 aromatic heterocycles. The van der Waals surface area contributed by atoms with E-state index in [0.717, 1.165) is 6.54 Å². The SMILES string of the molecule is CCN(C)/C(C)=C(/C)SC. The maximum atomic E-state index is 2.26. The van der Waals surface area contributed by atoms with E-state index in [-0.39, 0.29) is 0 Å². The van der Waals surface area contributed by atoms with E-state index in [1.54, 1.807) is 0 Å². The Labute approximate surface area is 68.5 Å². The zero-order valence-electron chi connectivity index (χ0n) is 7.56. The lowest BCUT2D eigenvalue weighted by Gasteiger charge is -2.19. The van der Waals surface area contributed by atoms with Crippen LogP contribution in [0.15, 0.2) is 10.6 Å². The quantitative estimate of drug-likeness (QED) is 0.622. The average molecular weight is 159 g/mol. The second kappa shape index (κ2) is 4.67. The van der Waals surface area contributed by atoms with E-state index < -0.39 is 0 Å². The van der Waals surface area contributed by atoms with Gasteiger partial charge in [0.15, 0.2) is 0 Å². The molecule has 0 unspecified atom stereocenters. The summed E-state index contributed by atoms with van der Waals surface area (Å²) in [5, 5.41) is 0. The highest BCUT2D eigenvalue weighted by molar-refractivity contribution is 8.02. The van der Waals surface area contributed by atoms with E-state index in [1.165, 1.54) is 10.6 Å². The second-order valence-corrected chi connectivity index (χ2v) is 3.38. The molecule has 0 N–H and O–H groups in total. The fourth-order valence-corrected chi connectivity index (χ4v) is 1.10. The maximum absolute atomic E-state index is 2.26. The Kier molecular flexibility index (Phi) is 4.62. The van der Waals surface area contributed by atoms with E-state index in [1.807, 2.05) is 11.8 Å². The molecular weight excluding hydrogens is 142 g/mol. The molecule has 0 aliphatic heterocycles. The molecule has 0 saturated heterocycles. The zero-order valence-corrected chi connectivity index (χ0v) is 8.38. The van der Waals surface area contributed by atoms with Crippen molar-refractivity contribution in [1.29, 1.82) is 0 Å². The molecule has 0 fully saturated rings. The minimum Gasteiger partial charge on any atom is -0.378 e. The molecule has 60 valence electrons. The summed E-state index contributed by atoms with van der Waals surface area (Å²) in [5.41, 5.74) is 1.38. The number of thioether (sulfide) groups is 1. The van der Waals surface area contributed by atoms with Crippen molar-refractivity contribution in [3.63, 3.8) is 0 Å². The number of hydrogen-bond donors (Lipinski definition) is 0. The van der Waals surface area contributed by atoms with E-state index in [9.17, 15) is 0 Å². The Morgan fingerprint density at radius 3 is 2.20 bits per heavy atom. The van der Waals surface area contributed by atoms with Crippen LogP contribution in [0.25, 0.3) is 0 Å². The first-order valence-electron chi connectivity index (χ1n) is 3.56. The number of allylic oxidation sites excluding steroid dienone is 2. The largest absolute Gasteiger partial charge is 0.378 e. The normalized spacial score (nSPS) is 12.9. The van der Waals surface area contributed by atoms with E-state index in [4.69, 9.17) is 0 Å². The van der Waals surface area contributed by atoms with Crippen molar-refractivity contribution in [1.82, 2.24) is 4.90 Å². The molecule has 0 radical (unpaired) electrons. The first-order valence-corrected chi connectivity index (χ1v) is 4.78. The van der Waals surface area contributed by atoms with Crippen LogP contribution in [0.2, 0.25) is 0 Å². The van der Waals surface area contributed by atoms with Gasteiger partial charge in [0, 0.05) is 24.2 Å².